The molecule has 1 aliphatic rings. The molecule has 31 heavy (non-hydrogen) atoms. The lowest BCUT2D eigenvalue weighted by atomic mass is 10.1. The predicted molar refractivity (Wildman–Crippen MR) is 118 cm³/mol. The van der Waals surface area contributed by atoms with Gasteiger partial charge in [-0.15, -0.1) is 0 Å². The molecule has 3 aromatic rings. The summed E-state index contributed by atoms with van der Waals surface area (Å²) in [6.45, 7) is 1.91. The van der Waals surface area contributed by atoms with E-state index in [9.17, 15) is 9.59 Å². The molecule has 0 radical (unpaired) electrons. The van der Waals surface area contributed by atoms with Crippen molar-refractivity contribution in [2.45, 2.75) is 6.10 Å². The number of benzene rings is 3. The van der Waals surface area contributed by atoms with E-state index in [2.05, 4.69) is 5.32 Å². The van der Waals surface area contributed by atoms with Crippen LogP contribution in [0.4, 0.5) is 11.4 Å². The first-order valence-corrected chi connectivity index (χ1v) is 10.3. The van der Waals surface area contributed by atoms with E-state index in [1.54, 1.807) is 29.2 Å². The molecule has 0 bridgehead atoms. The van der Waals surface area contributed by atoms with E-state index in [1.165, 1.54) is 0 Å². The molecule has 1 saturated heterocycles. The maximum absolute atomic E-state index is 13.2. The number of carbonyl (C=O) groups is 2. The number of rotatable bonds is 6. The van der Waals surface area contributed by atoms with Gasteiger partial charge in [0.05, 0.1) is 24.5 Å². The normalized spacial score (nSPS) is 14.5. The number of amides is 1. The maximum atomic E-state index is 13.2. The average molecular weight is 416 g/mol. The van der Waals surface area contributed by atoms with Gasteiger partial charge in [0.15, 0.2) is 0 Å². The largest absolute Gasteiger partial charge is 0.444 e. The quantitative estimate of drug-likeness (QED) is 0.611. The summed E-state index contributed by atoms with van der Waals surface area (Å²) in [5, 5.41) is 3.25. The summed E-state index contributed by atoms with van der Waals surface area (Å²) in [6.07, 6.45) is -1.02. The second kappa shape index (κ2) is 9.91. The van der Waals surface area contributed by atoms with Gasteiger partial charge in [-0.1, -0.05) is 60.7 Å². The van der Waals surface area contributed by atoms with Crippen LogP contribution in [0.15, 0.2) is 84.9 Å². The number of para-hydroxylation sites is 2. The van der Waals surface area contributed by atoms with Gasteiger partial charge in [-0.3, -0.25) is 4.79 Å². The van der Waals surface area contributed by atoms with E-state index in [0.717, 1.165) is 5.69 Å². The molecule has 0 aliphatic carbocycles. The Kier molecular flexibility index (Phi) is 6.59. The molecular formula is C25H24N2O4. The second-order valence-corrected chi connectivity index (χ2v) is 7.17. The zero-order valence-corrected chi connectivity index (χ0v) is 17.1. The van der Waals surface area contributed by atoms with Crippen molar-refractivity contribution in [3.05, 3.63) is 96.1 Å². The van der Waals surface area contributed by atoms with E-state index < -0.39 is 12.1 Å². The Morgan fingerprint density at radius 3 is 2.16 bits per heavy atom. The molecule has 0 aromatic heterocycles. The van der Waals surface area contributed by atoms with Gasteiger partial charge >= 0.3 is 5.97 Å². The Labute approximate surface area is 181 Å². The fourth-order valence-electron chi connectivity index (χ4n) is 3.46. The monoisotopic (exact) mass is 416 g/mol. The summed E-state index contributed by atoms with van der Waals surface area (Å²) in [4.78, 5) is 28.1. The first-order valence-electron chi connectivity index (χ1n) is 10.3. The molecule has 0 saturated carbocycles. The van der Waals surface area contributed by atoms with Gasteiger partial charge in [-0.25, -0.2) is 4.79 Å². The van der Waals surface area contributed by atoms with Crippen LogP contribution in [0.1, 0.15) is 22.0 Å². The highest BCUT2D eigenvalue weighted by Gasteiger charge is 2.31. The van der Waals surface area contributed by atoms with Crippen molar-refractivity contribution in [2.24, 2.45) is 0 Å². The first kappa shape index (κ1) is 20.6. The first-order chi connectivity index (χ1) is 15.2. The fourth-order valence-corrected chi connectivity index (χ4v) is 3.46. The average Bonchev–Trinajstić information content (AvgIpc) is 2.84. The van der Waals surface area contributed by atoms with Crippen LogP contribution in [-0.2, 0) is 14.3 Å². The van der Waals surface area contributed by atoms with Crippen molar-refractivity contribution in [3.8, 4) is 0 Å². The third-order valence-electron chi connectivity index (χ3n) is 5.07. The number of morpholine rings is 1. The van der Waals surface area contributed by atoms with Crippen LogP contribution in [0, 0.1) is 0 Å². The van der Waals surface area contributed by atoms with Gasteiger partial charge in [0.1, 0.15) is 0 Å². The minimum atomic E-state index is -1.02. The summed E-state index contributed by atoms with van der Waals surface area (Å²) in [5.74, 6) is -0.800. The van der Waals surface area contributed by atoms with Gasteiger partial charge in [-0.05, 0) is 24.3 Å². The highest BCUT2D eigenvalue weighted by molar-refractivity contribution is 5.98. The van der Waals surface area contributed by atoms with Crippen LogP contribution in [0.2, 0.25) is 0 Å². The second-order valence-electron chi connectivity index (χ2n) is 7.17. The predicted octanol–water partition coefficient (Wildman–Crippen LogP) is 4.19. The number of carbonyl (C=O) groups excluding carboxylic acids is 2. The number of anilines is 2. The van der Waals surface area contributed by atoms with Gasteiger partial charge in [0.25, 0.3) is 5.91 Å². The topological polar surface area (TPSA) is 67.9 Å². The fraction of sp³-hybridized carbons (Fsp3) is 0.200. The van der Waals surface area contributed by atoms with Crippen LogP contribution in [0.3, 0.4) is 0 Å². The van der Waals surface area contributed by atoms with E-state index in [4.69, 9.17) is 9.47 Å². The Morgan fingerprint density at radius 1 is 0.839 bits per heavy atom. The van der Waals surface area contributed by atoms with Crippen molar-refractivity contribution in [3.63, 3.8) is 0 Å². The van der Waals surface area contributed by atoms with Crippen LogP contribution < -0.4 is 5.32 Å². The Bertz CT molecular complexity index is 1020. The van der Waals surface area contributed by atoms with E-state index >= 15 is 0 Å². The number of hydrogen-bond acceptors (Lipinski definition) is 5. The number of hydrogen-bond donors (Lipinski definition) is 1. The Hall–Kier alpha value is -3.64. The highest BCUT2D eigenvalue weighted by atomic mass is 16.5. The smallest absolute Gasteiger partial charge is 0.341 e. The summed E-state index contributed by atoms with van der Waals surface area (Å²) in [5.41, 5.74) is 2.47. The van der Waals surface area contributed by atoms with Crippen molar-refractivity contribution in [1.82, 2.24) is 4.90 Å². The standard InChI is InChI=1S/C25H24N2O4/c28-24(27-15-17-30-18-16-27)23(19-9-3-1-4-10-19)31-25(29)21-13-7-8-14-22(21)26-20-11-5-2-6-12-20/h1-14,23,26H,15-18H2/t23-/m1/s1. The van der Waals surface area contributed by atoms with Crippen molar-refractivity contribution in [2.75, 3.05) is 31.6 Å². The third kappa shape index (κ3) is 5.10. The lowest BCUT2D eigenvalue weighted by Crippen LogP contribution is -2.44. The lowest BCUT2D eigenvalue weighted by molar-refractivity contribution is -0.145. The molecule has 1 heterocycles. The molecule has 4 rings (SSSR count). The Balaban J connectivity index is 1.59. The third-order valence-corrected chi connectivity index (χ3v) is 5.07. The summed E-state index contributed by atoms with van der Waals surface area (Å²) in [6, 6.07) is 25.8. The minimum absolute atomic E-state index is 0.239. The number of nitrogens with zero attached hydrogens (tertiary/aromatic N) is 1. The van der Waals surface area contributed by atoms with Crippen molar-refractivity contribution < 1.29 is 19.1 Å². The maximum Gasteiger partial charge on any atom is 0.341 e. The molecule has 1 fully saturated rings. The SMILES string of the molecule is O=C(O[C@@H](C(=O)N1CCOCC1)c1ccccc1)c1ccccc1Nc1ccccc1. The van der Waals surface area contributed by atoms with Crippen LogP contribution in [-0.4, -0.2) is 43.1 Å². The van der Waals surface area contributed by atoms with Gasteiger partial charge < -0.3 is 19.7 Å². The molecule has 6 nitrogen and oxygen atoms in total. The van der Waals surface area contributed by atoms with E-state index in [1.807, 2.05) is 60.7 Å². The molecule has 1 atom stereocenters. The minimum Gasteiger partial charge on any atom is -0.444 e. The summed E-state index contributed by atoms with van der Waals surface area (Å²) >= 11 is 0. The van der Waals surface area contributed by atoms with Crippen molar-refractivity contribution >= 4 is 23.3 Å². The zero-order chi connectivity index (χ0) is 21.5. The number of esters is 1. The van der Waals surface area contributed by atoms with E-state index in [0.29, 0.717) is 43.1 Å². The molecule has 158 valence electrons. The van der Waals surface area contributed by atoms with Crippen LogP contribution >= 0.6 is 0 Å². The molecule has 0 unspecified atom stereocenters. The zero-order valence-electron chi connectivity index (χ0n) is 17.1. The molecular weight excluding hydrogens is 392 g/mol. The van der Waals surface area contributed by atoms with Crippen LogP contribution in [0.25, 0.3) is 0 Å². The summed E-state index contributed by atoms with van der Waals surface area (Å²) in [7, 11) is 0. The van der Waals surface area contributed by atoms with Gasteiger partial charge in [0, 0.05) is 24.3 Å². The van der Waals surface area contributed by atoms with Crippen molar-refractivity contribution in [1.29, 1.82) is 0 Å². The number of ether oxygens (including phenoxy) is 2. The van der Waals surface area contributed by atoms with Crippen LogP contribution in [0.5, 0.6) is 0 Å². The highest BCUT2D eigenvalue weighted by Crippen LogP contribution is 2.26. The molecule has 1 amide bonds. The van der Waals surface area contributed by atoms with Gasteiger partial charge in [0.2, 0.25) is 6.10 Å². The molecule has 0 spiro atoms. The van der Waals surface area contributed by atoms with Gasteiger partial charge in [-0.2, -0.15) is 0 Å². The molecule has 3 aromatic carbocycles. The van der Waals surface area contributed by atoms with E-state index in [-0.39, 0.29) is 5.91 Å². The summed E-state index contributed by atoms with van der Waals surface area (Å²) < 4.78 is 11.2. The number of nitrogens with one attached hydrogen (secondary N) is 1. The lowest BCUT2D eigenvalue weighted by Gasteiger charge is -2.30. The molecule has 1 N–H and O–H groups in total. The Morgan fingerprint density at radius 2 is 1.45 bits per heavy atom. The molecule has 1 aliphatic heterocycles. The molecule has 6 heteroatoms.